The van der Waals surface area contributed by atoms with Crippen LogP contribution >= 0.6 is 0 Å². The first-order valence-corrected chi connectivity index (χ1v) is 13.1. The molecule has 6 nitrogen and oxygen atoms in total. The van der Waals surface area contributed by atoms with E-state index < -0.39 is 11.9 Å². The molecule has 8 heteroatoms. The molecule has 1 aliphatic rings. The number of ether oxygens (including phenoxy) is 2. The average molecular weight is 542 g/mol. The predicted octanol–water partition coefficient (Wildman–Crippen LogP) is 6.01. The van der Waals surface area contributed by atoms with Gasteiger partial charge in [-0.25, -0.2) is 8.78 Å². The molecule has 0 saturated carbocycles. The van der Waals surface area contributed by atoms with Gasteiger partial charge in [-0.15, -0.1) is 0 Å². The maximum Gasteiger partial charge on any atom is 0.165 e. The topological polar surface area (TPSA) is 87.4 Å². The zero-order chi connectivity index (χ0) is 28.1. The highest BCUT2D eigenvalue weighted by atomic mass is 19.1. The SMILES string of the molecule is C[C@H](CO)NCc1cc(F)c(O[C@H]2CCc3c(-c4ccccc4F)cccc32)cc1OCc1cncc(C#N)c1. The van der Waals surface area contributed by atoms with E-state index >= 15 is 4.39 Å². The van der Waals surface area contributed by atoms with Crippen LogP contribution in [0.5, 0.6) is 11.5 Å². The van der Waals surface area contributed by atoms with E-state index in [1.807, 2.05) is 31.2 Å². The van der Waals surface area contributed by atoms with Crippen LogP contribution in [0, 0.1) is 23.0 Å². The van der Waals surface area contributed by atoms with Gasteiger partial charge >= 0.3 is 0 Å². The van der Waals surface area contributed by atoms with E-state index in [1.54, 1.807) is 24.4 Å². The van der Waals surface area contributed by atoms with Gasteiger partial charge in [0.25, 0.3) is 0 Å². The summed E-state index contributed by atoms with van der Waals surface area (Å²) in [7, 11) is 0. The number of hydrogen-bond donors (Lipinski definition) is 2. The molecule has 1 aromatic heterocycles. The number of aromatic nitrogens is 1. The van der Waals surface area contributed by atoms with Crippen LogP contribution in [-0.4, -0.2) is 22.7 Å². The Morgan fingerprint density at radius 2 is 1.88 bits per heavy atom. The van der Waals surface area contributed by atoms with Crippen molar-refractivity contribution in [2.75, 3.05) is 6.61 Å². The lowest BCUT2D eigenvalue weighted by atomic mass is 9.96. The quantitative estimate of drug-likeness (QED) is 0.256. The lowest BCUT2D eigenvalue weighted by Crippen LogP contribution is -2.28. The minimum Gasteiger partial charge on any atom is -0.488 e. The molecule has 5 rings (SSSR count). The fourth-order valence-electron chi connectivity index (χ4n) is 4.90. The first-order valence-electron chi connectivity index (χ1n) is 13.1. The zero-order valence-electron chi connectivity index (χ0n) is 22.0. The predicted molar refractivity (Wildman–Crippen MR) is 147 cm³/mol. The summed E-state index contributed by atoms with van der Waals surface area (Å²) in [5.41, 5.74) is 4.92. The van der Waals surface area contributed by atoms with Gasteiger partial charge in [0.1, 0.15) is 30.3 Å². The molecule has 0 aliphatic heterocycles. The maximum absolute atomic E-state index is 15.4. The number of nitriles is 1. The van der Waals surface area contributed by atoms with E-state index in [4.69, 9.17) is 14.7 Å². The Bertz CT molecular complexity index is 1550. The minimum atomic E-state index is -0.535. The summed E-state index contributed by atoms with van der Waals surface area (Å²) < 4.78 is 42.2. The zero-order valence-corrected chi connectivity index (χ0v) is 22.0. The maximum atomic E-state index is 15.4. The molecule has 4 aromatic rings. The number of pyridine rings is 1. The molecule has 0 bridgehead atoms. The van der Waals surface area contributed by atoms with Crippen molar-refractivity contribution < 1.29 is 23.4 Å². The number of benzene rings is 3. The molecule has 1 aliphatic carbocycles. The van der Waals surface area contributed by atoms with E-state index in [9.17, 15) is 9.50 Å². The molecule has 0 unspecified atom stereocenters. The summed E-state index contributed by atoms with van der Waals surface area (Å²) in [5.74, 6) is -0.363. The molecular weight excluding hydrogens is 512 g/mol. The van der Waals surface area contributed by atoms with E-state index in [0.29, 0.717) is 40.8 Å². The summed E-state index contributed by atoms with van der Waals surface area (Å²) in [5, 5.41) is 21.7. The summed E-state index contributed by atoms with van der Waals surface area (Å²) in [6, 6.07) is 18.8. The van der Waals surface area contributed by atoms with Crippen LogP contribution in [0.1, 0.15) is 47.3 Å². The van der Waals surface area contributed by atoms with Gasteiger partial charge in [0, 0.05) is 47.7 Å². The third kappa shape index (κ3) is 5.96. The van der Waals surface area contributed by atoms with Crippen LogP contribution < -0.4 is 14.8 Å². The molecule has 0 fully saturated rings. The first kappa shape index (κ1) is 27.3. The van der Waals surface area contributed by atoms with Crippen molar-refractivity contribution >= 4 is 0 Å². The highest BCUT2D eigenvalue weighted by Crippen LogP contribution is 2.42. The number of nitrogens with zero attached hydrogens (tertiary/aromatic N) is 2. The van der Waals surface area contributed by atoms with Gasteiger partial charge in [0.2, 0.25) is 0 Å². The Balaban J connectivity index is 1.42. The number of fused-ring (bicyclic) bond motifs is 1. The van der Waals surface area contributed by atoms with Gasteiger partial charge in [-0.3, -0.25) is 4.98 Å². The smallest absolute Gasteiger partial charge is 0.165 e. The standard InChI is InChI=1S/C32H29F2N3O3/c1-20(18-38)37-17-23-12-29(34)32(13-31(23)39-19-22-11-21(14-35)15-36-16-22)40-30-10-9-25-24(6-4-7-27(25)30)26-5-2-3-8-28(26)33/h2-8,11-13,15-16,20,30,37-38H,9-10,17-19H2,1H3/t20-,30+/m1/s1. The lowest BCUT2D eigenvalue weighted by molar-refractivity contribution is 0.196. The normalized spacial score (nSPS) is 14.8. The molecule has 3 aromatic carbocycles. The summed E-state index contributed by atoms with van der Waals surface area (Å²) in [6.07, 6.45) is 3.98. The van der Waals surface area contributed by atoms with Crippen LogP contribution in [0.4, 0.5) is 8.78 Å². The van der Waals surface area contributed by atoms with Crippen LogP contribution in [0.3, 0.4) is 0 Å². The van der Waals surface area contributed by atoms with E-state index in [1.165, 1.54) is 24.4 Å². The molecular formula is C32H29F2N3O3. The van der Waals surface area contributed by atoms with Crippen molar-refractivity contribution in [3.63, 3.8) is 0 Å². The summed E-state index contributed by atoms with van der Waals surface area (Å²) >= 11 is 0. The lowest BCUT2D eigenvalue weighted by Gasteiger charge is -2.20. The minimum absolute atomic E-state index is 0.0481. The fourth-order valence-corrected chi connectivity index (χ4v) is 4.90. The largest absolute Gasteiger partial charge is 0.488 e. The summed E-state index contributed by atoms with van der Waals surface area (Å²) in [4.78, 5) is 4.07. The second-order valence-electron chi connectivity index (χ2n) is 9.84. The Morgan fingerprint density at radius 1 is 1.05 bits per heavy atom. The molecule has 0 saturated heterocycles. The molecule has 1 heterocycles. The van der Waals surface area contributed by atoms with Gasteiger partial charge < -0.3 is 19.9 Å². The second kappa shape index (κ2) is 12.2. The molecule has 2 atom stereocenters. The Labute approximate surface area is 231 Å². The van der Waals surface area contributed by atoms with Crippen LogP contribution in [0.25, 0.3) is 11.1 Å². The number of halogens is 2. The monoisotopic (exact) mass is 541 g/mol. The van der Waals surface area contributed by atoms with Crippen LogP contribution in [0.15, 0.2) is 73.1 Å². The van der Waals surface area contributed by atoms with E-state index in [-0.39, 0.29) is 37.4 Å². The number of aliphatic hydroxyl groups is 1. The third-order valence-electron chi connectivity index (χ3n) is 7.00. The van der Waals surface area contributed by atoms with Crippen molar-refractivity contribution in [3.8, 4) is 28.7 Å². The molecule has 2 N–H and O–H groups in total. The average Bonchev–Trinajstić information content (AvgIpc) is 3.39. The Morgan fingerprint density at radius 3 is 2.67 bits per heavy atom. The Kier molecular flexibility index (Phi) is 8.34. The Hall–Kier alpha value is -4.32. The second-order valence-corrected chi connectivity index (χ2v) is 9.84. The van der Waals surface area contributed by atoms with Crippen molar-refractivity contribution in [1.82, 2.24) is 10.3 Å². The van der Waals surface area contributed by atoms with Crippen molar-refractivity contribution in [2.24, 2.45) is 0 Å². The molecule has 0 radical (unpaired) electrons. The van der Waals surface area contributed by atoms with Gasteiger partial charge in [0.05, 0.1) is 12.2 Å². The fraction of sp³-hybridized carbons (Fsp3) is 0.250. The highest BCUT2D eigenvalue weighted by Gasteiger charge is 2.28. The van der Waals surface area contributed by atoms with Crippen molar-refractivity contribution in [3.05, 3.63) is 113 Å². The van der Waals surface area contributed by atoms with Gasteiger partial charge in [0.15, 0.2) is 11.6 Å². The summed E-state index contributed by atoms with van der Waals surface area (Å²) in [6.45, 7) is 2.14. The number of hydrogen-bond acceptors (Lipinski definition) is 6. The molecule has 40 heavy (non-hydrogen) atoms. The van der Waals surface area contributed by atoms with Crippen molar-refractivity contribution in [1.29, 1.82) is 5.26 Å². The van der Waals surface area contributed by atoms with Crippen LogP contribution in [0.2, 0.25) is 0 Å². The van der Waals surface area contributed by atoms with Crippen LogP contribution in [-0.2, 0) is 19.6 Å². The van der Waals surface area contributed by atoms with E-state index in [2.05, 4.69) is 16.4 Å². The van der Waals surface area contributed by atoms with Crippen molar-refractivity contribution in [2.45, 2.75) is 45.1 Å². The van der Waals surface area contributed by atoms with Gasteiger partial charge in [-0.1, -0.05) is 36.4 Å². The molecule has 0 amide bonds. The van der Waals surface area contributed by atoms with Gasteiger partial charge in [-0.05, 0) is 54.7 Å². The van der Waals surface area contributed by atoms with E-state index in [0.717, 1.165) is 16.7 Å². The molecule has 204 valence electrons. The number of aliphatic hydroxyl groups excluding tert-OH is 1. The van der Waals surface area contributed by atoms with Gasteiger partial charge in [-0.2, -0.15) is 5.26 Å². The number of nitrogens with one attached hydrogen (secondary N) is 1. The highest BCUT2D eigenvalue weighted by molar-refractivity contribution is 5.70. The third-order valence-corrected chi connectivity index (χ3v) is 7.00. The first-order chi connectivity index (χ1) is 19.5. The molecule has 0 spiro atoms. The number of rotatable bonds is 10.